The van der Waals surface area contributed by atoms with Gasteiger partial charge in [0.1, 0.15) is 5.82 Å². The first-order chi connectivity index (χ1) is 15.5. The summed E-state index contributed by atoms with van der Waals surface area (Å²) in [7, 11) is 0. The normalized spacial score (nSPS) is 15.5. The van der Waals surface area contributed by atoms with Gasteiger partial charge in [0, 0.05) is 37.4 Å². The molecule has 2 aromatic carbocycles. The second-order valence-corrected chi connectivity index (χ2v) is 8.11. The molecule has 1 atom stereocenters. The third-order valence-electron chi connectivity index (χ3n) is 5.92. The van der Waals surface area contributed by atoms with E-state index >= 15 is 0 Å². The van der Waals surface area contributed by atoms with E-state index in [9.17, 15) is 9.18 Å². The van der Waals surface area contributed by atoms with E-state index in [0.29, 0.717) is 6.54 Å². The van der Waals surface area contributed by atoms with E-state index in [1.54, 1.807) is 10.9 Å². The summed E-state index contributed by atoms with van der Waals surface area (Å²) in [6, 6.07) is 14.3. The first-order valence-electron chi connectivity index (χ1n) is 11.0. The second kappa shape index (κ2) is 9.91. The predicted octanol–water partition coefficient (Wildman–Crippen LogP) is 3.10. The number of piperazine rings is 1. The Kier molecular flexibility index (Phi) is 6.80. The van der Waals surface area contributed by atoms with Crippen molar-refractivity contribution in [2.75, 3.05) is 37.6 Å². The summed E-state index contributed by atoms with van der Waals surface area (Å²) in [5.41, 5.74) is 3.04. The first kappa shape index (κ1) is 22.0. The molecule has 8 heteroatoms. The highest BCUT2D eigenvalue weighted by Crippen LogP contribution is 2.28. The Morgan fingerprint density at radius 2 is 1.88 bits per heavy atom. The van der Waals surface area contributed by atoms with Crippen LogP contribution in [0.3, 0.4) is 0 Å². The van der Waals surface area contributed by atoms with Crippen molar-refractivity contribution in [3.63, 3.8) is 0 Å². The number of nitrogens with zero attached hydrogens (tertiary/aromatic N) is 5. The van der Waals surface area contributed by atoms with Crippen molar-refractivity contribution in [1.29, 1.82) is 0 Å². The smallest absolute Gasteiger partial charge is 0.273 e. The summed E-state index contributed by atoms with van der Waals surface area (Å²) >= 11 is 0. The molecule has 7 nitrogen and oxygen atoms in total. The number of nitrogens with one attached hydrogen (secondary N) is 1. The van der Waals surface area contributed by atoms with Gasteiger partial charge in [-0.1, -0.05) is 42.5 Å². The highest BCUT2D eigenvalue weighted by atomic mass is 19.1. The summed E-state index contributed by atoms with van der Waals surface area (Å²) in [6.07, 6.45) is 1.63. The molecule has 0 spiro atoms. The van der Waals surface area contributed by atoms with Crippen molar-refractivity contribution in [2.45, 2.75) is 26.4 Å². The Morgan fingerprint density at radius 1 is 1.12 bits per heavy atom. The minimum Gasteiger partial charge on any atom is -0.369 e. The van der Waals surface area contributed by atoms with Crippen LogP contribution in [0.1, 0.15) is 41.5 Å². The van der Waals surface area contributed by atoms with Gasteiger partial charge in [-0.25, -0.2) is 9.07 Å². The zero-order valence-corrected chi connectivity index (χ0v) is 18.5. The highest BCUT2D eigenvalue weighted by molar-refractivity contribution is 5.92. The summed E-state index contributed by atoms with van der Waals surface area (Å²) in [4.78, 5) is 17.5. The van der Waals surface area contributed by atoms with Gasteiger partial charge in [0.2, 0.25) is 0 Å². The van der Waals surface area contributed by atoms with Crippen LogP contribution in [0.5, 0.6) is 0 Å². The van der Waals surface area contributed by atoms with Gasteiger partial charge in [-0.15, -0.1) is 5.10 Å². The fourth-order valence-electron chi connectivity index (χ4n) is 4.06. The molecule has 168 valence electrons. The Morgan fingerprint density at radius 3 is 2.59 bits per heavy atom. The molecule has 4 rings (SSSR count). The Bertz CT molecular complexity index is 1050. The molecule has 1 amide bonds. The van der Waals surface area contributed by atoms with E-state index < -0.39 is 0 Å². The summed E-state index contributed by atoms with van der Waals surface area (Å²) < 4.78 is 15.7. The van der Waals surface area contributed by atoms with Crippen LogP contribution in [0.15, 0.2) is 54.7 Å². The van der Waals surface area contributed by atoms with Crippen molar-refractivity contribution >= 4 is 11.6 Å². The van der Waals surface area contributed by atoms with Crippen LogP contribution >= 0.6 is 0 Å². The average molecular weight is 437 g/mol. The molecule has 1 fully saturated rings. The van der Waals surface area contributed by atoms with Crippen molar-refractivity contribution in [2.24, 2.45) is 0 Å². The minimum absolute atomic E-state index is 0.238. The van der Waals surface area contributed by atoms with Crippen LogP contribution < -0.4 is 10.2 Å². The van der Waals surface area contributed by atoms with E-state index in [4.69, 9.17) is 0 Å². The number of anilines is 1. The fraction of sp³-hybridized carbons (Fsp3) is 0.375. The molecule has 1 aromatic heterocycles. The van der Waals surface area contributed by atoms with Crippen LogP contribution in [-0.2, 0) is 6.54 Å². The number of hydrogen-bond donors (Lipinski definition) is 1. The van der Waals surface area contributed by atoms with Gasteiger partial charge in [0.05, 0.1) is 18.8 Å². The molecule has 1 N–H and O–H groups in total. The zero-order chi connectivity index (χ0) is 22.5. The van der Waals surface area contributed by atoms with Gasteiger partial charge in [-0.2, -0.15) is 0 Å². The topological polar surface area (TPSA) is 66.3 Å². The Labute approximate surface area is 187 Å². The van der Waals surface area contributed by atoms with Gasteiger partial charge in [0.15, 0.2) is 5.69 Å². The summed E-state index contributed by atoms with van der Waals surface area (Å²) in [5, 5.41) is 11.0. The second-order valence-electron chi connectivity index (χ2n) is 8.11. The number of likely N-dealkylation sites (N-methyl/N-ethyl adjacent to an activating group) is 1. The fourth-order valence-corrected chi connectivity index (χ4v) is 4.06. The molecule has 1 unspecified atom stereocenters. The number of aromatic nitrogens is 3. The number of halogens is 1. The van der Waals surface area contributed by atoms with Crippen LogP contribution in [-0.4, -0.2) is 58.5 Å². The van der Waals surface area contributed by atoms with Crippen molar-refractivity contribution in [1.82, 2.24) is 25.2 Å². The van der Waals surface area contributed by atoms with Crippen LogP contribution in [0, 0.1) is 5.82 Å². The molecule has 1 aliphatic heterocycles. The lowest BCUT2D eigenvalue weighted by Crippen LogP contribution is -2.46. The largest absolute Gasteiger partial charge is 0.369 e. The van der Waals surface area contributed by atoms with Gasteiger partial charge in [-0.3, -0.25) is 4.79 Å². The molecule has 0 radical (unpaired) electrons. The average Bonchev–Trinajstić information content (AvgIpc) is 3.28. The third-order valence-corrected chi connectivity index (χ3v) is 5.92. The first-order valence-corrected chi connectivity index (χ1v) is 11.0. The maximum Gasteiger partial charge on any atom is 0.273 e. The number of benzene rings is 2. The SMILES string of the molecule is CCN1CCN(c2ccc(F)cc2C(C)NC(=O)c2cn(Cc3ccccc3)nn2)CC1. The van der Waals surface area contributed by atoms with E-state index in [1.165, 1.54) is 12.1 Å². The van der Waals surface area contributed by atoms with Gasteiger partial charge in [-0.05, 0) is 37.2 Å². The van der Waals surface area contributed by atoms with Crippen LogP contribution in [0.25, 0.3) is 0 Å². The number of hydrogen-bond acceptors (Lipinski definition) is 5. The lowest BCUT2D eigenvalue weighted by Gasteiger charge is -2.37. The number of carbonyl (C=O) groups excluding carboxylic acids is 1. The number of rotatable bonds is 7. The predicted molar refractivity (Wildman–Crippen MR) is 122 cm³/mol. The monoisotopic (exact) mass is 436 g/mol. The molecule has 0 bridgehead atoms. The van der Waals surface area contributed by atoms with Crippen LogP contribution in [0.4, 0.5) is 10.1 Å². The molecule has 0 saturated carbocycles. The Hall–Kier alpha value is -3.26. The Balaban J connectivity index is 1.45. The van der Waals surface area contributed by atoms with Gasteiger partial charge < -0.3 is 15.1 Å². The van der Waals surface area contributed by atoms with E-state index in [1.807, 2.05) is 43.3 Å². The number of amides is 1. The van der Waals surface area contributed by atoms with E-state index in [0.717, 1.165) is 49.5 Å². The lowest BCUT2D eigenvalue weighted by molar-refractivity contribution is 0.0934. The maximum absolute atomic E-state index is 14.1. The number of carbonyl (C=O) groups is 1. The van der Waals surface area contributed by atoms with Crippen molar-refractivity contribution in [3.8, 4) is 0 Å². The van der Waals surface area contributed by atoms with Crippen molar-refractivity contribution < 1.29 is 9.18 Å². The van der Waals surface area contributed by atoms with Crippen molar-refractivity contribution in [3.05, 3.63) is 77.4 Å². The quantitative estimate of drug-likeness (QED) is 0.617. The molecule has 32 heavy (non-hydrogen) atoms. The third kappa shape index (κ3) is 5.13. The lowest BCUT2D eigenvalue weighted by atomic mass is 10.0. The molecular weight excluding hydrogens is 407 g/mol. The highest BCUT2D eigenvalue weighted by Gasteiger charge is 2.23. The minimum atomic E-state index is -0.378. The summed E-state index contributed by atoms with van der Waals surface area (Å²) in [5.74, 6) is -0.645. The standard InChI is InChI=1S/C24H29FN6O/c1-3-29-11-13-30(14-12-29)23-10-9-20(25)15-21(23)18(2)26-24(32)22-17-31(28-27-22)16-19-7-5-4-6-8-19/h4-10,15,17-18H,3,11-14,16H2,1-2H3,(H,26,32). The maximum atomic E-state index is 14.1. The summed E-state index contributed by atoms with van der Waals surface area (Å²) in [6.45, 7) is 9.29. The molecule has 3 aromatic rings. The van der Waals surface area contributed by atoms with Gasteiger partial charge in [0.25, 0.3) is 5.91 Å². The van der Waals surface area contributed by atoms with E-state index in [2.05, 4.69) is 32.4 Å². The molecular formula is C24H29FN6O. The van der Waals surface area contributed by atoms with Gasteiger partial charge >= 0.3 is 0 Å². The molecule has 1 aliphatic rings. The van der Waals surface area contributed by atoms with Crippen LogP contribution in [0.2, 0.25) is 0 Å². The molecule has 0 aliphatic carbocycles. The molecule has 2 heterocycles. The molecule has 1 saturated heterocycles. The zero-order valence-electron chi connectivity index (χ0n) is 18.5. The van der Waals surface area contributed by atoms with E-state index in [-0.39, 0.29) is 23.5 Å².